The number of methoxy groups -OCH3 is 1. The molecule has 0 aliphatic heterocycles. The molecule has 7 heteroatoms. The van der Waals surface area contributed by atoms with Gasteiger partial charge in [-0.2, -0.15) is 0 Å². The topological polar surface area (TPSA) is 76.0 Å². The smallest absolute Gasteiger partial charge is 0.175 e. The van der Waals surface area contributed by atoms with E-state index >= 15 is 0 Å². The normalized spacial score (nSPS) is 20.5. The molecule has 0 heterocycles. The molecule has 4 unspecified atom stereocenters. The molecule has 2 rings (SSSR count). The van der Waals surface area contributed by atoms with Crippen molar-refractivity contribution >= 4 is 21.8 Å². The van der Waals surface area contributed by atoms with Crippen molar-refractivity contribution in [3.8, 4) is 0 Å². The highest BCUT2D eigenvalue weighted by atomic mass is 32.2. The fourth-order valence-corrected chi connectivity index (χ4v) is 7.26. The lowest BCUT2D eigenvalue weighted by Gasteiger charge is -2.40. The first kappa shape index (κ1) is 39.1. The van der Waals surface area contributed by atoms with Crippen LogP contribution >= 0.6 is 0 Å². The minimum absolute atomic E-state index is 0.0475. The Balaban J connectivity index is 2.70. The van der Waals surface area contributed by atoms with Crippen LogP contribution in [-0.2, 0) is 19.4 Å². The van der Waals surface area contributed by atoms with E-state index in [0.29, 0.717) is 24.5 Å². The fourth-order valence-electron chi connectivity index (χ4n) is 6.60. The second kappa shape index (κ2) is 17.2. The van der Waals surface area contributed by atoms with Gasteiger partial charge in [0, 0.05) is 25.0 Å². The third-order valence-electron chi connectivity index (χ3n) is 9.43. The molecule has 0 saturated heterocycles. The Morgan fingerprint density at radius 1 is 1.11 bits per heavy atom. The molecular formula is C38H62N2O4S. The van der Waals surface area contributed by atoms with Crippen molar-refractivity contribution in [3.05, 3.63) is 53.6 Å². The number of carbonyl (C=O) groups excluding carboxylic acids is 1. The summed E-state index contributed by atoms with van der Waals surface area (Å²) in [6, 6.07) is 7.38. The summed E-state index contributed by atoms with van der Waals surface area (Å²) in [4.78, 5) is 19.5. The van der Waals surface area contributed by atoms with E-state index in [9.17, 15) is 13.2 Å². The van der Waals surface area contributed by atoms with E-state index in [1.165, 1.54) is 18.2 Å². The minimum Gasteiger partial charge on any atom is -0.360 e. The van der Waals surface area contributed by atoms with E-state index in [-0.39, 0.29) is 27.8 Å². The van der Waals surface area contributed by atoms with Gasteiger partial charge in [-0.05, 0) is 99.3 Å². The van der Waals surface area contributed by atoms with Crippen LogP contribution < -0.4 is 0 Å². The molecule has 0 bridgehead atoms. The molecule has 0 amide bonds. The SMILES string of the molecule is C=C(C=O)CC/C(=C\C)C(CCC(C)(C)C)N(CC)C(OC)C(=NC1CCCC(C(C)(C)C)CC1)c1cccc(S(C)(=O)=O)c1. The van der Waals surface area contributed by atoms with Gasteiger partial charge in [0.25, 0.3) is 0 Å². The molecule has 0 N–H and O–H groups in total. The molecule has 1 aliphatic carbocycles. The zero-order valence-corrected chi connectivity index (χ0v) is 30.8. The Morgan fingerprint density at radius 2 is 1.80 bits per heavy atom. The Labute approximate surface area is 275 Å². The van der Waals surface area contributed by atoms with E-state index in [2.05, 4.69) is 72.9 Å². The van der Waals surface area contributed by atoms with Gasteiger partial charge in [-0.3, -0.25) is 14.7 Å². The maximum Gasteiger partial charge on any atom is 0.175 e. The number of aldehydes is 1. The maximum absolute atomic E-state index is 12.6. The van der Waals surface area contributed by atoms with Gasteiger partial charge >= 0.3 is 0 Å². The molecule has 1 aromatic rings. The summed E-state index contributed by atoms with van der Waals surface area (Å²) in [5.74, 6) is 0.653. The molecule has 0 spiro atoms. The Morgan fingerprint density at radius 3 is 2.33 bits per heavy atom. The highest BCUT2D eigenvalue weighted by molar-refractivity contribution is 7.90. The minimum atomic E-state index is -3.41. The molecule has 45 heavy (non-hydrogen) atoms. The molecule has 1 fully saturated rings. The predicted molar refractivity (Wildman–Crippen MR) is 190 cm³/mol. The number of ether oxygens (including phenoxy) is 1. The van der Waals surface area contributed by atoms with Gasteiger partial charge in [0.05, 0.1) is 16.6 Å². The van der Waals surface area contributed by atoms with Crippen LogP contribution in [0.2, 0.25) is 0 Å². The van der Waals surface area contributed by atoms with Crippen LogP contribution in [0, 0.1) is 16.7 Å². The van der Waals surface area contributed by atoms with Crippen molar-refractivity contribution in [2.24, 2.45) is 21.7 Å². The van der Waals surface area contributed by atoms with Crippen molar-refractivity contribution in [1.29, 1.82) is 0 Å². The number of rotatable bonds is 15. The van der Waals surface area contributed by atoms with Crippen molar-refractivity contribution in [1.82, 2.24) is 4.90 Å². The van der Waals surface area contributed by atoms with E-state index in [0.717, 1.165) is 62.5 Å². The maximum atomic E-state index is 12.6. The molecule has 6 nitrogen and oxygen atoms in total. The molecule has 1 aromatic carbocycles. The second-order valence-corrected chi connectivity index (χ2v) is 17.2. The van der Waals surface area contributed by atoms with Crippen molar-refractivity contribution < 1.29 is 17.9 Å². The fraction of sp³-hybridized carbons (Fsp3) is 0.684. The first-order valence-electron chi connectivity index (χ1n) is 16.9. The quantitative estimate of drug-likeness (QED) is 0.0477. The standard InChI is InChI=1S/C38H62N2O4S/c1-12-29(21-20-28(3)27-41)34(24-25-37(4,5)6)40(13-2)36(44-10)35(30-16-14-19-33(26-30)45(11,42)43)39-32-18-15-17-31(22-23-32)38(7,8)9/h12,14,16,19,26-27,31-32,34,36H,3,13,15,17-18,20-25H2,1-2,4-11H3/b29-12+,39-35?. The second-order valence-electron chi connectivity index (χ2n) is 15.2. The number of hydrogen-bond acceptors (Lipinski definition) is 6. The molecule has 1 saturated carbocycles. The third-order valence-corrected chi connectivity index (χ3v) is 10.5. The van der Waals surface area contributed by atoms with Crippen LogP contribution in [0.4, 0.5) is 0 Å². The summed E-state index contributed by atoms with van der Waals surface area (Å²) >= 11 is 0. The molecular weight excluding hydrogens is 580 g/mol. The van der Waals surface area contributed by atoms with Gasteiger partial charge < -0.3 is 4.74 Å². The predicted octanol–water partition coefficient (Wildman–Crippen LogP) is 8.85. The average Bonchev–Trinajstić information content (AvgIpc) is 3.22. The first-order valence-corrected chi connectivity index (χ1v) is 18.8. The molecule has 1 aliphatic rings. The Bertz CT molecular complexity index is 1280. The largest absolute Gasteiger partial charge is 0.360 e. The van der Waals surface area contributed by atoms with Crippen LogP contribution in [0.3, 0.4) is 0 Å². The molecule has 0 aromatic heterocycles. The summed E-state index contributed by atoms with van der Waals surface area (Å²) in [6.45, 7) is 22.7. The monoisotopic (exact) mass is 642 g/mol. The van der Waals surface area contributed by atoms with Gasteiger partial charge in [-0.15, -0.1) is 0 Å². The summed E-state index contributed by atoms with van der Waals surface area (Å²) in [5.41, 5.74) is 3.81. The molecule has 254 valence electrons. The van der Waals surface area contributed by atoms with Gasteiger partial charge in [0.15, 0.2) is 16.1 Å². The number of likely N-dealkylation sites (N-methyl/N-ethyl adjacent to an activating group) is 1. The number of hydrogen-bond donors (Lipinski definition) is 0. The van der Waals surface area contributed by atoms with Crippen molar-refractivity contribution in [2.45, 2.75) is 136 Å². The van der Waals surface area contributed by atoms with Crippen LogP contribution in [0.1, 0.15) is 119 Å². The number of benzene rings is 1. The average molecular weight is 643 g/mol. The van der Waals surface area contributed by atoms with E-state index < -0.39 is 16.1 Å². The van der Waals surface area contributed by atoms with Gasteiger partial charge in [-0.1, -0.05) is 85.2 Å². The summed E-state index contributed by atoms with van der Waals surface area (Å²) in [7, 11) is -1.68. The third kappa shape index (κ3) is 12.2. The van der Waals surface area contributed by atoms with Crippen LogP contribution in [-0.4, -0.2) is 63.5 Å². The van der Waals surface area contributed by atoms with Gasteiger partial charge in [0.2, 0.25) is 0 Å². The lowest BCUT2D eigenvalue weighted by molar-refractivity contribution is -0.105. The summed E-state index contributed by atoms with van der Waals surface area (Å²) < 4.78 is 31.7. The van der Waals surface area contributed by atoms with E-state index in [1.807, 2.05) is 12.1 Å². The molecule has 0 radical (unpaired) electrons. The number of nitrogens with zero attached hydrogens (tertiary/aromatic N) is 2. The number of carbonyl (C=O) groups is 1. The van der Waals surface area contributed by atoms with Crippen LogP contribution in [0.5, 0.6) is 0 Å². The van der Waals surface area contributed by atoms with E-state index in [1.54, 1.807) is 19.2 Å². The number of aliphatic imine (C=N–C) groups is 1. The lowest BCUT2D eigenvalue weighted by atomic mass is 9.76. The van der Waals surface area contributed by atoms with Gasteiger partial charge in [-0.25, -0.2) is 8.42 Å². The first-order chi connectivity index (χ1) is 20.9. The Kier molecular flexibility index (Phi) is 14.9. The van der Waals surface area contributed by atoms with Crippen molar-refractivity contribution in [3.63, 3.8) is 0 Å². The zero-order chi connectivity index (χ0) is 34.0. The summed E-state index contributed by atoms with van der Waals surface area (Å²) in [6.07, 6.45) is 12.5. The van der Waals surface area contributed by atoms with Crippen LogP contribution in [0.25, 0.3) is 0 Å². The highest BCUT2D eigenvalue weighted by Gasteiger charge is 2.34. The lowest BCUT2D eigenvalue weighted by Crippen LogP contribution is -2.50. The highest BCUT2D eigenvalue weighted by Crippen LogP contribution is 2.38. The van der Waals surface area contributed by atoms with Crippen molar-refractivity contribution in [2.75, 3.05) is 19.9 Å². The van der Waals surface area contributed by atoms with E-state index in [4.69, 9.17) is 9.73 Å². The summed E-state index contributed by atoms with van der Waals surface area (Å²) in [5, 5.41) is 0. The Hall–Kier alpha value is -2.09. The molecule has 4 atom stereocenters. The van der Waals surface area contributed by atoms with Crippen LogP contribution in [0.15, 0.2) is 58.0 Å². The number of sulfone groups is 1. The van der Waals surface area contributed by atoms with Gasteiger partial charge in [0.1, 0.15) is 6.29 Å². The number of allylic oxidation sites excluding steroid dienone is 2. The zero-order valence-electron chi connectivity index (χ0n) is 30.0.